The van der Waals surface area contributed by atoms with Gasteiger partial charge in [0, 0.05) is 22.7 Å². The zero-order chi connectivity index (χ0) is 18.0. The monoisotopic (exact) mass is 338 g/mol. The van der Waals surface area contributed by atoms with Crippen LogP contribution in [0.2, 0.25) is 0 Å². The van der Waals surface area contributed by atoms with Crippen LogP contribution in [0.3, 0.4) is 0 Å². The maximum Gasteiger partial charge on any atom is 0.310 e. The molecule has 0 spiro atoms. The standard InChI is InChI=1S/C18H14N2O5/c1-12-14(10-21)13-6-2-3-7-15(13)19(12)18(22)11-25-17-9-5-4-8-16(17)20(23)24/h2-10H,11H2,1H3. The molecular formula is C18H14N2O5. The van der Waals surface area contributed by atoms with E-state index in [-0.39, 0.29) is 18.0 Å². The summed E-state index contributed by atoms with van der Waals surface area (Å²) >= 11 is 0. The molecule has 3 rings (SSSR count). The highest BCUT2D eigenvalue weighted by atomic mass is 16.6. The molecule has 7 nitrogen and oxygen atoms in total. The van der Waals surface area contributed by atoms with Gasteiger partial charge < -0.3 is 4.74 Å². The number of carbonyl (C=O) groups is 2. The third-order valence-corrected chi connectivity index (χ3v) is 3.94. The highest BCUT2D eigenvalue weighted by molar-refractivity contribution is 6.04. The summed E-state index contributed by atoms with van der Waals surface area (Å²) in [5.41, 5.74) is 1.33. The summed E-state index contributed by atoms with van der Waals surface area (Å²) in [6, 6.07) is 12.9. The quantitative estimate of drug-likeness (QED) is 0.404. The average Bonchev–Trinajstić information content (AvgIpc) is 2.91. The molecule has 0 unspecified atom stereocenters. The SMILES string of the molecule is Cc1c(C=O)c2ccccc2n1C(=O)COc1ccccc1[N+](=O)[O-]. The minimum absolute atomic E-state index is 0.0191. The van der Waals surface area contributed by atoms with Crippen LogP contribution >= 0.6 is 0 Å². The van der Waals surface area contributed by atoms with E-state index in [0.29, 0.717) is 28.4 Å². The number of fused-ring (bicyclic) bond motifs is 1. The summed E-state index contributed by atoms with van der Waals surface area (Å²) < 4.78 is 6.76. The van der Waals surface area contributed by atoms with Crippen LogP contribution in [-0.2, 0) is 0 Å². The van der Waals surface area contributed by atoms with E-state index in [1.54, 1.807) is 37.3 Å². The second-order valence-corrected chi connectivity index (χ2v) is 5.38. The van der Waals surface area contributed by atoms with E-state index in [1.807, 2.05) is 0 Å². The van der Waals surface area contributed by atoms with Crippen molar-refractivity contribution in [2.75, 3.05) is 6.61 Å². The Morgan fingerprint density at radius 3 is 2.60 bits per heavy atom. The molecule has 25 heavy (non-hydrogen) atoms. The molecule has 0 aliphatic heterocycles. The number of rotatable bonds is 5. The Hall–Kier alpha value is -3.48. The van der Waals surface area contributed by atoms with Gasteiger partial charge in [-0.1, -0.05) is 30.3 Å². The number of nitro groups is 1. The van der Waals surface area contributed by atoms with Gasteiger partial charge in [0.15, 0.2) is 18.6 Å². The number of hydrogen-bond acceptors (Lipinski definition) is 5. The third kappa shape index (κ3) is 2.87. The lowest BCUT2D eigenvalue weighted by atomic mass is 10.1. The van der Waals surface area contributed by atoms with Crippen LogP contribution in [-0.4, -0.2) is 28.3 Å². The van der Waals surface area contributed by atoms with Crippen molar-refractivity contribution in [3.8, 4) is 5.75 Å². The van der Waals surface area contributed by atoms with Crippen molar-refractivity contribution in [1.29, 1.82) is 0 Å². The van der Waals surface area contributed by atoms with Crippen LogP contribution in [0.1, 0.15) is 20.8 Å². The highest BCUT2D eigenvalue weighted by Gasteiger charge is 2.20. The van der Waals surface area contributed by atoms with Gasteiger partial charge in [0.05, 0.1) is 10.4 Å². The van der Waals surface area contributed by atoms with Gasteiger partial charge in [0.2, 0.25) is 0 Å². The van der Waals surface area contributed by atoms with Crippen LogP contribution in [0.15, 0.2) is 48.5 Å². The van der Waals surface area contributed by atoms with Crippen LogP contribution in [0.5, 0.6) is 5.75 Å². The van der Waals surface area contributed by atoms with Gasteiger partial charge >= 0.3 is 5.69 Å². The molecule has 0 radical (unpaired) electrons. The molecule has 0 N–H and O–H groups in total. The molecule has 126 valence electrons. The lowest BCUT2D eigenvalue weighted by Crippen LogP contribution is -2.20. The number of para-hydroxylation sites is 3. The Morgan fingerprint density at radius 1 is 1.20 bits per heavy atom. The van der Waals surface area contributed by atoms with Crippen LogP contribution in [0.4, 0.5) is 5.69 Å². The number of hydrogen-bond donors (Lipinski definition) is 0. The fraction of sp³-hybridized carbons (Fsp3) is 0.111. The normalized spacial score (nSPS) is 10.6. The number of aromatic nitrogens is 1. The molecule has 0 amide bonds. The number of benzene rings is 2. The second kappa shape index (κ2) is 6.56. The first-order chi connectivity index (χ1) is 12.0. The molecule has 7 heteroatoms. The Bertz CT molecular complexity index is 990. The molecule has 3 aromatic rings. The Balaban J connectivity index is 1.93. The van der Waals surface area contributed by atoms with E-state index < -0.39 is 10.8 Å². The van der Waals surface area contributed by atoms with Crippen molar-refractivity contribution in [1.82, 2.24) is 4.57 Å². The van der Waals surface area contributed by atoms with Gasteiger partial charge in [-0.25, -0.2) is 0 Å². The van der Waals surface area contributed by atoms with Crippen molar-refractivity contribution in [2.45, 2.75) is 6.92 Å². The Labute approximate surface area is 142 Å². The minimum Gasteiger partial charge on any atom is -0.477 e. The molecule has 0 saturated carbocycles. The number of aldehydes is 1. The first-order valence-corrected chi connectivity index (χ1v) is 7.49. The first kappa shape index (κ1) is 16.4. The van der Waals surface area contributed by atoms with Crippen molar-refractivity contribution >= 4 is 28.8 Å². The summed E-state index contributed by atoms with van der Waals surface area (Å²) in [6.45, 7) is 1.29. The summed E-state index contributed by atoms with van der Waals surface area (Å²) in [7, 11) is 0. The van der Waals surface area contributed by atoms with Gasteiger partial charge in [0.1, 0.15) is 0 Å². The van der Waals surface area contributed by atoms with Crippen molar-refractivity contribution < 1.29 is 19.2 Å². The van der Waals surface area contributed by atoms with Crippen molar-refractivity contribution in [3.63, 3.8) is 0 Å². The van der Waals surface area contributed by atoms with Gasteiger partial charge in [-0.15, -0.1) is 0 Å². The number of carbonyl (C=O) groups excluding carboxylic acids is 2. The zero-order valence-electron chi connectivity index (χ0n) is 13.3. The van der Waals surface area contributed by atoms with Crippen LogP contribution in [0, 0.1) is 17.0 Å². The minimum atomic E-state index is -0.569. The summed E-state index contributed by atoms with van der Waals surface area (Å²) in [6.07, 6.45) is 0.713. The van der Waals surface area contributed by atoms with Crippen LogP contribution < -0.4 is 4.74 Å². The lowest BCUT2D eigenvalue weighted by Gasteiger charge is -2.09. The second-order valence-electron chi connectivity index (χ2n) is 5.38. The average molecular weight is 338 g/mol. The molecular weight excluding hydrogens is 324 g/mol. The molecule has 0 aliphatic rings. The van der Waals surface area contributed by atoms with Gasteiger partial charge in [-0.05, 0) is 19.1 Å². The summed E-state index contributed by atoms with van der Waals surface area (Å²) in [5.74, 6) is -0.398. The number of ether oxygens (including phenoxy) is 1. The molecule has 1 heterocycles. The smallest absolute Gasteiger partial charge is 0.310 e. The van der Waals surface area contributed by atoms with Crippen molar-refractivity contribution in [3.05, 3.63) is 69.9 Å². The van der Waals surface area contributed by atoms with Gasteiger partial charge in [0.25, 0.3) is 5.91 Å². The first-order valence-electron chi connectivity index (χ1n) is 7.49. The molecule has 0 aliphatic carbocycles. The van der Waals surface area contributed by atoms with E-state index in [2.05, 4.69) is 0 Å². The Kier molecular flexibility index (Phi) is 4.30. The largest absolute Gasteiger partial charge is 0.477 e. The van der Waals surface area contributed by atoms with E-state index in [1.165, 1.54) is 22.8 Å². The molecule has 0 fully saturated rings. The number of nitro benzene ring substituents is 1. The summed E-state index contributed by atoms with van der Waals surface area (Å²) in [5, 5.41) is 11.7. The van der Waals surface area contributed by atoms with Gasteiger partial charge in [-0.2, -0.15) is 0 Å². The fourth-order valence-corrected chi connectivity index (χ4v) is 2.80. The van der Waals surface area contributed by atoms with Crippen molar-refractivity contribution in [2.24, 2.45) is 0 Å². The maximum absolute atomic E-state index is 12.6. The molecule has 0 bridgehead atoms. The van der Waals surface area contributed by atoms with E-state index in [4.69, 9.17) is 4.74 Å². The molecule has 1 aromatic heterocycles. The molecule has 2 aromatic carbocycles. The zero-order valence-corrected chi connectivity index (χ0v) is 13.3. The van der Waals surface area contributed by atoms with E-state index in [0.717, 1.165) is 0 Å². The maximum atomic E-state index is 12.6. The van der Waals surface area contributed by atoms with E-state index >= 15 is 0 Å². The number of nitrogens with zero attached hydrogens (tertiary/aromatic N) is 2. The Morgan fingerprint density at radius 2 is 1.88 bits per heavy atom. The molecule has 0 saturated heterocycles. The topological polar surface area (TPSA) is 91.4 Å². The molecule has 0 atom stereocenters. The predicted octanol–water partition coefficient (Wildman–Crippen LogP) is 3.39. The van der Waals surface area contributed by atoms with E-state index in [9.17, 15) is 19.7 Å². The van der Waals surface area contributed by atoms with Gasteiger partial charge in [-0.3, -0.25) is 24.3 Å². The van der Waals surface area contributed by atoms with Crippen LogP contribution in [0.25, 0.3) is 10.9 Å². The fourth-order valence-electron chi connectivity index (χ4n) is 2.80. The predicted molar refractivity (Wildman–Crippen MR) is 91.3 cm³/mol. The highest BCUT2D eigenvalue weighted by Crippen LogP contribution is 2.27. The lowest BCUT2D eigenvalue weighted by molar-refractivity contribution is -0.385. The summed E-state index contributed by atoms with van der Waals surface area (Å²) in [4.78, 5) is 34.4. The third-order valence-electron chi connectivity index (χ3n) is 3.94.